The summed E-state index contributed by atoms with van der Waals surface area (Å²) in [7, 11) is 1.79. The fourth-order valence-electron chi connectivity index (χ4n) is 2.25. The molecule has 1 aliphatic heterocycles. The maximum atomic E-state index is 8.73. The minimum Gasteiger partial charge on any atom is -0.381 e. The van der Waals surface area contributed by atoms with Crippen molar-refractivity contribution in [1.29, 1.82) is 5.26 Å². The fraction of sp³-hybridized carbons (Fsp3) is 0.500. The minimum atomic E-state index is 0.437. The first-order chi connectivity index (χ1) is 8.31. The van der Waals surface area contributed by atoms with Crippen LogP contribution < -0.4 is 0 Å². The Morgan fingerprint density at radius 3 is 2.47 bits per heavy atom. The molecule has 0 saturated carbocycles. The molecule has 1 saturated heterocycles. The Bertz CT molecular complexity index is 386. The van der Waals surface area contributed by atoms with Gasteiger partial charge in [-0.15, -0.1) is 0 Å². The van der Waals surface area contributed by atoms with E-state index in [9.17, 15) is 0 Å². The van der Waals surface area contributed by atoms with Crippen molar-refractivity contribution in [3.63, 3.8) is 0 Å². The van der Waals surface area contributed by atoms with Crippen LogP contribution in [0, 0.1) is 11.3 Å². The molecule has 0 N–H and O–H groups in total. The standard InChI is InChI=1S/C14H18N2O/c1-17-14-6-8-16(9-7-14)11-13-4-2-12(10-15)3-5-13/h2-5,14H,6-9,11H2,1H3. The highest BCUT2D eigenvalue weighted by atomic mass is 16.5. The lowest BCUT2D eigenvalue weighted by atomic mass is 10.1. The van der Waals surface area contributed by atoms with Crippen LogP contribution in [0.2, 0.25) is 0 Å². The van der Waals surface area contributed by atoms with E-state index in [4.69, 9.17) is 10.00 Å². The average molecular weight is 230 g/mol. The monoisotopic (exact) mass is 230 g/mol. The molecule has 2 rings (SSSR count). The molecule has 0 aliphatic carbocycles. The number of piperidine rings is 1. The van der Waals surface area contributed by atoms with E-state index < -0.39 is 0 Å². The topological polar surface area (TPSA) is 36.3 Å². The molecule has 1 fully saturated rings. The number of rotatable bonds is 3. The molecule has 17 heavy (non-hydrogen) atoms. The van der Waals surface area contributed by atoms with Gasteiger partial charge in [0.2, 0.25) is 0 Å². The summed E-state index contributed by atoms with van der Waals surface area (Å²) in [6.45, 7) is 3.17. The van der Waals surface area contributed by atoms with Gasteiger partial charge in [0.1, 0.15) is 0 Å². The van der Waals surface area contributed by atoms with Crippen LogP contribution in [0.5, 0.6) is 0 Å². The summed E-state index contributed by atoms with van der Waals surface area (Å²) in [5, 5.41) is 8.73. The summed E-state index contributed by atoms with van der Waals surface area (Å²) in [5.41, 5.74) is 2.01. The van der Waals surface area contributed by atoms with Crippen LogP contribution in [0.15, 0.2) is 24.3 Å². The van der Waals surface area contributed by atoms with E-state index in [-0.39, 0.29) is 0 Å². The molecule has 0 unspecified atom stereocenters. The van der Waals surface area contributed by atoms with Crippen LogP contribution in [-0.2, 0) is 11.3 Å². The highest BCUT2D eigenvalue weighted by Gasteiger charge is 2.18. The first-order valence-electron chi connectivity index (χ1n) is 6.06. The third-order valence-corrected chi connectivity index (χ3v) is 3.36. The number of ether oxygens (including phenoxy) is 1. The van der Waals surface area contributed by atoms with Gasteiger partial charge >= 0.3 is 0 Å². The van der Waals surface area contributed by atoms with Gasteiger partial charge < -0.3 is 4.74 Å². The Morgan fingerprint density at radius 2 is 1.94 bits per heavy atom. The van der Waals surface area contributed by atoms with Crippen LogP contribution >= 0.6 is 0 Å². The molecule has 1 aliphatic rings. The molecule has 0 atom stereocenters. The Morgan fingerprint density at radius 1 is 1.29 bits per heavy atom. The van der Waals surface area contributed by atoms with Crippen LogP contribution in [0.3, 0.4) is 0 Å². The summed E-state index contributed by atoms with van der Waals surface area (Å²) in [6, 6.07) is 10.00. The average Bonchev–Trinajstić information content (AvgIpc) is 2.40. The van der Waals surface area contributed by atoms with Crippen molar-refractivity contribution in [2.45, 2.75) is 25.5 Å². The van der Waals surface area contributed by atoms with E-state index in [1.54, 1.807) is 7.11 Å². The predicted molar refractivity (Wildman–Crippen MR) is 66.5 cm³/mol. The quantitative estimate of drug-likeness (QED) is 0.798. The molecule has 0 bridgehead atoms. The van der Waals surface area contributed by atoms with Gasteiger partial charge in [0, 0.05) is 26.7 Å². The maximum absolute atomic E-state index is 8.73. The molecule has 3 nitrogen and oxygen atoms in total. The van der Waals surface area contributed by atoms with E-state index in [0.717, 1.165) is 38.0 Å². The van der Waals surface area contributed by atoms with Crippen LogP contribution in [0.4, 0.5) is 0 Å². The van der Waals surface area contributed by atoms with Gasteiger partial charge in [-0.2, -0.15) is 5.26 Å². The molecule has 1 aromatic carbocycles. The van der Waals surface area contributed by atoms with Gasteiger partial charge in [-0.1, -0.05) is 12.1 Å². The van der Waals surface area contributed by atoms with E-state index in [1.165, 1.54) is 5.56 Å². The van der Waals surface area contributed by atoms with Gasteiger partial charge in [0.05, 0.1) is 17.7 Å². The first-order valence-corrected chi connectivity index (χ1v) is 6.06. The summed E-state index contributed by atoms with van der Waals surface area (Å²) in [6.07, 6.45) is 2.67. The van der Waals surface area contributed by atoms with Crippen LogP contribution in [-0.4, -0.2) is 31.2 Å². The molecule has 1 heterocycles. The number of hydrogen-bond acceptors (Lipinski definition) is 3. The number of likely N-dealkylation sites (tertiary alicyclic amines) is 1. The smallest absolute Gasteiger partial charge is 0.0991 e. The molecule has 0 amide bonds. The van der Waals surface area contributed by atoms with Gasteiger partial charge in [-0.25, -0.2) is 0 Å². The number of hydrogen-bond donors (Lipinski definition) is 0. The van der Waals surface area contributed by atoms with E-state index in [0.29, 0.717) is 6.10 Å². The number of nitriles is 1. The lowest BCUT2D eigenvalue weighted by molar-refractivity contribution is 0.0388. The molecular formula is C14H18N2O. The zero-order valence-corrected chi connectivity index (χ0v) is 10.2. The number of benzene rings is 1. The van der Waals surface area contributed by atoms with Crippen LogP contribution in [0.1, 0.15) is 24.0 Å². The van der Waals surface area contributed by atoms with Crippen molar-refractivity contribution in [3.05, 3.63) is 35.4 Å². The third-order valence-electron chi connectivity index (χ3n) is 3.36. The van der Waals surface area contributed by atoms with Crippen molar-refractivity contribution in [2.75, 3.05) is 20.2 Å². The minimum absolute atomic E-state index is 0.437. The van der Waals surface area contributed by atoms with Crippen LogP contribution in [0.25, 0.3) is 0 Å². The summed E-state index contributed by atoms with van der Waals surface area (Å²) >= 11 is 0. The second-order valence-corrected chi connectivity index (χ2v) is 4.52. The van der Waals surface area contributed by atoms with E-state index in [1.807, 2.05) is 24.3 Å². The summed E-state index contributed by atoms with van der Waals surface area (Å²) in [4.78, 5) is 2.44. The highest BCUT2D eigenvalue weighted by Crippen LogP contribution is 2.15. The lowest BCUT2D eigenvalue weighted by Crippen LogP contribution is -2.36. The number of methoxy groups -OCH3 is 1. The van der Waals surface area contributed by atoms with E-state index in [2.05, 4.69) is 11.0 Å². The van der Waals surface area contributed by atoms with Gasteiger partial charge in [0.15, 0.2) is 0 Å². The largest absolute Gasteiger partial charge is 0.381 e. The Balaban J connectivity index is 1.87. The summed E-state index contributed by atoms with van der Waals surface area (Å²) in [5.74, 6) is 0. The highest BCUT2D eigenvalue weighted by molar-refractivity contribution is 5.31. The second kappa shape index (κ2) is 5.81. The molecular weight excluding hydrogens is 212 g/mol. The second-order valence-electron chi connectivity index (χ2n) is 4.52. The molecule has 0 aromatic heterocycles. The third kappa shape index (κ3) is 3.29. The van der Waals surface area contributed by atoms with E-state index >= 15 is 0 Å². The zero-order valence-electron chi connectivity index (χ0n) is 10.2. The number of nitrogens with zero attached hydrogens (tertiary/aromatic N) is 2. The first kappa shape index (κ1) is 12.1. The van der Waals surface area contributed by atoms with Crippen molar-refractivity contribution < 1.29 is 4.74 Å². The van der Waals surface area contributed by atoms with Crippen molar-refractivity contribution in [2.24, 2.45) is 0 Å². The van der Waals surface area contributed by atoms with Crippen molar-refractivity contribution >= 4 is 0 Å². The Kier molecular flexibility index (Phi) is 4.13. The molecule has 1 aromatic rings. The maximum Gasteiger partial charge on any atom is 0.0991 e. The predicted octanol–water partition coefficient (Wildman–Crippen LogP) is 2.17. The fourth-order valence-corrected chi connectivity index (χ4v) is 2.25. The summed E-state index contributed by atoms with van der Waals surface area (Å²) < 4.78 is 5.36. The Labute approximate surface area is 103 Å². The van der Waals surface area contributed by atoms with Gasteiger partial charge in [-0.3, -0.25) is 4.90 Å². The zero-order chi connectivity index (χ0) is 12.1. The molecule has 3 heteroatoms. The molecule has 90 valence electrons. The normalized spacial score (nSPS) is 17.9. The van der Waals surface area contributed by atoms with Crippen molar-refractivity contribution in [3.8, 4) is 6.07 Å². The Hall–Kier alpha value is -1.37. The lowest BCUT2D eigenvalue weighted by Gasteiger charge is -2.31. The van der Waals surface area contributed by atoms with Gasteiger partial charge in [-0.05, 0) is 30.5 Å². The molecule has 0 spiro atoms. The van der Waals surface area contributed by atoms with Crippen molar-refractivity contribution in [1.82, 2.24) is 4.90 Å². The SMILES string of the molecule is COC1CCN(Cc2ccc(C#N)cc2)CC1. The molecule has 0 radical (unpaired) electrons. The van der Waals surface area contributed by atoms with Gasteiger partial charge in [0.25, 0.3) is 0 Å².